The first-order valence-corrected chi connectivity index (χ1v) is 14.3. The smallest absolute Gasteiger partial charge is 0.301 e. The van der Waals surface area contributed by atoms with Crippen LogP contribution in [-0.4, -0.2) is 35.9 Å². The Balaban J connectivity index is 1.42. The number of anilines is 2. The molecule has 0 saturated carbocycles. The average Bonchev–Trinajstić information content (AvgIpc) is 3.54. The number of nitrogens with zero attached hydrogens (tertiary/aromatic N) is 3. The number of para-hydroxylation sites is 1. The topological polar surface area (TPSA) is 83.0 Å². The first-order chi connectivity index (χ1) is 20.3. The van der Waals surface area contributed by atoms with Gasteiger partial charge in [-0.2, -0.15) is 0 Å². The molecule has 0 radical (unpaired) electrons. The van der Waals surface area contributed by atoms with Crippen LogP contribution >= 0.6 is 11.3 Å². The number of ketones is 1. The van der Waals surface area contributed by atoms with Gasteiger partial charge in [0.25, 0.3) is 5.78 Å². The Hall–Kier alpha value is -4.95. The molecule has 2 heterocycles. The first-order valence-electron chi connectivity index (χ1n) is 13.5. The van der Waals surface area contributed by atoms with E-state index in [2.05, 4.69) is 4.98 Å². The van der Waals surface area contributed by atoms with Crippen LogP contribution in [0.15, 0.2) is 103 Å². The molecule has 0 aliphatic carbocycles. The number of carbonyl (C=O) groups excluding carboxylic acids is 2. The second-order valence-corrected chi connectivity index (χ2v) is 11.4. The van der Waals surface area contributed by atoms with Crippen molar-refractivity contribution in [1.82, 2.24) is 4.98 Å². The van der Waals surface area contributed by atoms with Gasteiger partial charge in [0.1, 0.15) is 18.1 Å². The standard InChI is InChI=1S/C34H29N3O4S/c1-21-19-24(15-18-27(21)41-20-22-9-5-4-6-10-22)31(38)29-30(23-13-16-25(17-14-23)36(2)3)37(33(40)32(29)39)34-35-26-11-7-8-12-28(26)42-34/h4-19,30,38H,20H2,1-3H3/b31-29+. The third kappa shape index (κ3) is 5.01. The van der Waals surface area contributed by atoms with Crippen molar-refractivity contribution in [2.75, 3.05) is 23.9 Å². The van der Waals surface area contributed by atoms with Crippen LogP contribution in [0.4, 0.5) is 10.8 Å². The van der Waals surface area contributed by atoms with Crippen LogP contribution in [0.25, 0.3) is 16.0 Å². The number of hydrogen-bond donors (Lipinski definition) is 1. The minimum absolute atomic E-state index is 0.0224. The number of aromatic nitrogens is 1. The Morgan fingerprint density at radius 1 is 0.952 bits per heavy atom. The summed E-state index contributed by atoms with van der Waals surface area (Å²) >= 11 is 1.34. The van der Waals surface area contributed by atoms with Crippen molar-refractivity contribution in [2.45, 2.75) is 19.6 Å². The quantitative estimate of drug-likeness (QED) is 0.129. The number of aliphatic hydroxyl groups is 1. The SMILES string of the molecule is Cc1cc(/C(O)=C2\C(=O)C(=O)N(c3nc4ccccc4s3)C2c2ccc(N(C)C)cc2)ccc1OCc1ccccc1. The molecular formula is C34H29N3O4S. The lowest BCUT2D eigenvalue weighted by atomic mass is 9.94. The molecule has 5 aromatic rings. The van der Waals surface area contributed by atoms with Gasteiger partial charge < -0.3 is 14.7 Å². The van der Waals surface area contributed by atoms with Gasteiger partial charge >= 0.3 is 5.91 Å². The van der Waals surface area contributed by atoms with Gasteiger partial charge in [-0.25, -0.2) is 4.98 Å². The number of amides is 1. The number of rotatable bonds is 7. The van der Waals surface area contributed by atoms with Gasteiger partial charge in [0.05, 0.1) is 21.8 Å². The van der Waals surface area contributed by atoms with E-state index < -0.39 is 17.7 Å². The number of ether oxygens (including phenoxy) is 1. The van der Waals surface area contributed by atoms with Crippen LogP contribution in [0.3, 0.4) is 0 Å². The molecule has 4 aromatic carbocycles. The fourth-order valence-corrected chi connectivity index (χ4v) is 6.10. The molecule has 42 heavy (non-hydrogen) atoms. The Morgan fingerprint density at radius 3 is 2.36 bits per heavy atom. The van der Waals surface area contributed by atoms with Gasteiger partial charge in [-0.1, -0.05) is 65.9 Å². The Morgan fingerprint density at radius 2 is 1.67 bits per heavy atom. The highest BCUT2D eigenvalue weighted by atomic mass is 32.1. The predicted octanol–water partition coefficient (Wildman–Crippen LogP) is 6.88. The summed E-state index contributed by atoms with van der Waals surface area (Å²) in [5.41, 5.74) is 4.69. The highest BCUT2D eigenvalue weighted by molar-refractivity contribution is 7.22. The monoisotopic (exact) mass is 575 g/mol. The largest absolute Gasteiger partial charge is 0.507 e. The summed E-state index contributed by atoms with van der Waals surface area (Å²) in [5.74, 6) is -1.05. The van der Waals surface area contributed by atoms with Gasteiger partial charge in [0.2, 0.25) is 0 Å². The van der Waals surface area contributed by atoms with Crippen molar-refractivity contribution in [1.29, 1.82) is 0 Å². The molecular weight excluding hydrogens is 546 g/mol. The molecule has 1 amide bonds. The summed E-state index contributed by atoms with van der Waals surface area (Å²) in [5, 5.41) is 12.0. The molecule has 1 fully saturated rings. The highest BCUT2D eigenvalue weighted by Crippen LogP contribution is 2.44. The van der Waals surface area contributed by atoms with Crippen LogP contribution in [0.1, 0.15) is 28.3 Å². The number of Topliss-reactive ketones (excluding diaryl/α,β-unsaturated/α-hetero) is 1. The van der Waals surface area contributed by atoms with Crippen molar-refractivity contribution in [3.8, 4) is 5.75 Å². The summed E-state index contributed by atoms with van der Waals surface area (Å²) in [7, 11) is 3.88. The average molecular weight is 576 g/mol. The molecule has 210 valence electrons. The molecule has 7 nitrogen and oxygen atoms in total. The fourth-order valence-electron chi connectivity index (χ4n) is 5.11. The number of carbonyl (C=O) groups is 2. The molecule has 1 aliphatic rings. The number of aliphatic hydroxyl groups excluding tert-OH is 1. The number of hydrogen-bond acceptors (Lipinski definition) is 7. The summed E-state index contributed by atoms with van der Waals surface area (Å²) in [6, 6.07) is 29.5. The maximum atomic E-state index is 13.6. The third-order valence-corrected chi connectivity index (χ3v) is 8.38. The van der Waals surface area contributed by atoms with Gasteiger partial charge in [-0.3, -0.25) is 14.5 Å². The zero-order chi connectivity index (χ0) is 29.4. The highest BCUT2D eigenvalue weighted by Gasteiger charge is 2.48. The molecule has 0 spiro atoms. The third-order valence-electron chi connectivity index (χ3n) is 7.34. The molecule has 8 heteroatoms. The van der Waals surface area contributed by atoms with E-state index in [9.17, 15) is 14.7 Å². The second-order valence-electron chi connectivity index (χ2n) is 10.4. The molecule has 6 rings (SSSR count). The van der Waals surface area contributed by atoms with Crippen molar-refractivity contribution in [3.63, 3.8) is 0 Å². The number of benzene rings is 4. The van der Waals surface area contributed by atoms with Gasteiger partial charge in [-0.05, 0) is 66.1 Å². The van der Waals surface area contributed by atoms with Crippen molar-refractivity contribution in [2.24, 2.45) is 0 Å². The van der Waals surface area contributed by atoms with E-state index in [0.29, 0.717) is 28.6 Å². The fraction of sp³-hybridized carbons (Fsp3) is 0.147. The zero-order valence-electron chi connectivity index (χ0n) is 23.4. The van der Waals surface area contributed by atoms with E-state index in [1.807, 2.05) is 105 Å². The summed E-state index contributed by atoms with van der Waals surface area (Å²) in [4.78, 5) is 35.3. The summed E-state index contributed by atoms with van der Waals surface area (Å²) < 4.78 is 6.91. The van der Waals surface area contributed by atoms with E-state index in [1.54, 1.807) is 18.2 Å². The lowest BCUT2D eigenvalue weighted by Gasteiger charge is -2.24. The van der Waals surface area contributed by atoms with E-state index in [4.69, 9.17) is 4.74 Å². The maximum Gasteiger partial charge on any atom is 0.301 e. The van der Waals surface area contributed by atoms with Crippen molar-refractivity contribution < 1.29 is 19.4 Å². The van der Waals surface area contributed by atoms with Crippen molar-refractivity contribution >= 4 is 49.8 Å². The number of aryl methyl sites for hydroxylation is 1. The van der Waals surface area contributed by atoms with Gasteiger partial charge in [0.15, 0.2) is 5.13 Å². The first kappa shape index (κ1) is 27.2. The molecule has 1 unspecified atom stereocenters. The molecule has 1 aliphatic heterocycles. The van der Waals surface area contributed by atoms with Crippen LogP contribution in [0.2, 0.25) is 0 Å². The zero-order valence-corrected chi connectivity index (χ0v) is 24.3. The molecule has 1 saturated heterocycles. The van der Waals surface area contributed by atoms with Crippen LogP contribution < -0.4 is 14.5 Å². The number of fused-ring (bicyclic) bond motifs is 1. The number of thiazole rings is 1. The summed E-state index contributed by atoms with van der Waals surface area (Å²) in [6.07, 6.45) is 0. The second kappa shape index (κ2) is 11.1. The molecule has 1 aromatic heterocycles. The van der Waals surface area contributed by atoms with Crippen LogP contribution in [-0.2, 0) is 16.2 Å². The minimum atomic E-state index is -0.851. The predicted molar refractivity (Wildman–Crippen MR) is 167 cm³/mol. The Bertz CT molecular complexity index is 1790. The van der Waals surface area contributed by atoms with Gasteiger partial charge in [0, 0.05) is 25.3 Å². The van der Waals surface area contributed by atoms with E-state index in [1.165, 1.54) is 16.2 Å². The van der Waals surface area contributed by atoms with Gasteiger partial charge in [-0.15, -0.1) is 0 Å². The van der Waals surface area contributed by atoms with Crippen molar-refractivity contribution in [3.05, 3.63) is 125 Å². The van der Waals surface area contributed by atoms with Crippen LogP contribution in [0.5, 0.6) is 5.75 Å². The summed E-state index contributed by atoms with van der Waals surface area (Å²) in [6.45, 7) is 2.29. The lowest BCUT2D eigenvalue weighted by Crippen LogP contribution is -2.29. The van der Waals surface area contributed by atoms with E-state index in [0.717, 1.165) is 27.0 Å². The molecule has 1 N–H and O–H groups in total. The minimum Gasteiger partial charge on any atom is -0.507 e. The lowest BCUT2D eigenvalue weighted by molar-refractivity contribution is -0.132. The Labute approximate surface area is 247 Å². The normalized spacial score (nSPS) is 16.3. The maximum absolute atomic E-state index is 13.6. The van der Waals surface area contributed by atoms with E-state index in [-0.39, 0.29) is 11.3 Å². The Kier molecular flexibility index (Phi) is 7.22. The van der Waals surface area contributed by atoms with E-state index >= 15 is 0 Å². The molecule has 1 atom stereocenters. The van der Waals surface area contributed by atoms with Crippen LogP contribution in [0, 0.1) is 6.92 Å². The molecule has 0 bridgehead atoms.